The van der Waals surface area contributed by atoms with Crippen LogP contribution in [0.4, 0.5) is 5.82 Å². The topological polar surface area (TPSA) is 59.1 Å². The van der Waals surface area contributed by atoms with Gasteiger partial charge in [-0.15, -0.1) is 11.3 Å². The van der Waals surface area contributed by atoms with E-state index in [-0.39, 0.29) is 4.21 Å². The molecule has 0 atom stereocenters. The van der Waals surface area contributed by atoms with Crippen molar-refractivity contribution in [1.29, 1.82) is 0 Å². The van der Waals surface area contributed by atoms with Gasteiger partial charge in [0.05, 0.1) is 3.79 Å². The third kappa shape index (κ3) is 3.05. The number of aryl methyl sites for hydroxylation is 1. The molecule has 17 heavy (non-hydrogen) atoms. The maximum Gasteiger partial charge on any atom is 0.272 e. The third-order valence-electron chi connectivity index (χ3n) is 1.97. The molecule has 0 amide bonds. The summed E-state index contributed by atoms with van der Waals surface area (Å²) in [6.07, 6.45) is 1.57. The molecule has 0 unspecified atom stereocenters. The van der Waals surface area contributed by atoms with Gasteiger partial charge in [-0.25, -0.2) is 13.4 Å². The fourth-order valence-electron chi connectivity index (χ4n) is 1.22. The molecule has 0 aliphatic heterocycles. The maximum absolute atomic E-state index is 12.0. The first kappa shape index (κ1) is 12.5. The van der Waals surface area contributed by atoms with Gasteiger partial charge in [0.1, 0.15) is 10.0 Å². The molecule has 0 saturated carbocycles. The first-order valence-corrected chi connectivity index (χ1v) is 7.77. The molecule has 0 aliphatic carbocycles. The summed E-state index contributed by atoms with van der Waals surface area (Å²) in [4.78, 5) is 3.96. The summed E-state index contributed by atoms with van der Waals surface area (Å²) in [5.41, 5.74) is 0.949. The van der Waals surface area contributed by atoms with Crippen LogP contribution in [0, 0.1) is 6.92 Å². The van der Waals surface area contributed by atoms with Crippen LogP contribution in [0.5, 0.6) is 0 Å². The second kappa shape index (κ2) is 4.75. The Hall–Kier alpha value is -0.920. The van der Waals surface area contributed by atoms with Crippen molar-refractivity contribution in [2.24, 2.45) is 0 Å². The monoisotopic (exact) mass is 332 g/mol. The van der Waals surface area contributed by atoms with Crippen molar-refractivity contribution < 1.29 is 8.42 Å². The van der Waals surface area contributed by atoms with Gasteiger partial charge in [-0.05, 0) is 52.7 Å². The lowest BCUT2D eigenvalue weighted by Crippen LogP contribution is -2.12. The number of halogens is 1. The van der Waals surface area contributed by atoms with E-state index in [9.17, 15) is 8.42 Å². The van der Waals surface area contributed by atoms with E-state index in [0.717, 1.165) is 20.7 Å². The minimum absolute atomic E-state index is 0.257. The summed E-state index contributed by atoms with van der Waals surface area (Å²) in [5.74, 6) is 0.328. The van der Waals surface area contributed by atoms with E-state index in [0.29, 0.717) is 5.82 Å². The van der Waals surface area contributed by atoms with Crippen LogP contribution in [0.3, 0.4) is 0 Å². The van der Waals surface area contributed by atoms with E-state index in [4.69, 9.17) is 0 Å². The number of nitrogens with one attached hydrogen (secondary N) is 1. The zero-order valence-corrected chi connectivity index (χ0v) is 12.1. The van der Waals surface area contributed by atoms with Crippen LogP contribution >= 0.6 is 27.3 Å². The summed E-state index contributed by atoms with van der Waals surface area (Å²) >= 11 is 4.39. The van der Waals surface area contributed by atoms with Gasteiger partial charge in [0, 0.05) is 6.20 Å². The number of rotatable bonds is 3. The highest BCUT2D eigenvalue weighted by Gasteiger charge is 2.16. The summed E-state index contributed by atoms with van der Waals surface area (Å²) in [7, 11) is -3.53. The van der Waals surface area contributed by atoms with Crippen LogP contribution in [0.2, 0.25) is 0 Å². The largest absolute Gasteiger partial charge is 0.272 e. The summed E-state index contributed by atoms with van der Waals surface area (Å²) in [6, 6.07) is 6.73. The van der Waals surface area contributed by atoms with Crippen molar-refractivity contribution in [3.63, 3.8) is 0 Å². The molecule has 2 aromatic heterocycles. The van der Waals surface area contributed by atoms with Crippen LogP contribution in [-0.2, 0) is 10.0 Å². The maximum atomic E-state index is 12.0. The van der Waals surface area contributed by atoms with Gasteiger partial charge in [0.15, 0.2) is 0 Å². The molecule has 2 aromatic rings. The highest BCUT2D eigenvalue weighted by Crippen LogP contribution is 2.27. The van der Waals surface area contributed by atoms with Gasteiger partial charge in [-0.1, -0.05) is 0 Å². The SMILES string of the molecule is Cc1ccnc(NS(=O)(=O)c2ccc(Br)s2)c1. The van der Waals surface area contributed by atoms with E-state index in [1.165, 1.54) is 0 Å². The molecule has 0 radical (unpaired) electrons. The molecule has 2 rings (SSSR count). The van der Waals surface area contributed by atoms with Crippen molar-refractivity contribution in [3.05, 3.63) is 39.8 Å². The molecule has 0 bridgehead atoms. The van der Waals surface area contributed by atoms with E-state index < -0.39 is 10.0 Å². The lowest BCUT2D eigenvalue weighted by atomic mass is 10.3. The van der Waals surface area contributed by atoms with Crippen LogP contribution in [0.15, 0.2) is 38.5 Å². The molecular formula is C10H9BrN2O2S2. The van der Waals surface area contributed by atoms with E-state index >= 15 is 0 Å². The van der Waals surface area contributed by atoms with Gasteiger partial charge < -0.3 is 0 Å². The first-order valence-electron chi connectivity index (χ1n) is 4.68. The number of aromatic nitrogens is 1. The number of sulfonamides is 1. The Kier molecular flexibility index (Phi) is 3.50. The lowest BCUT2D eigenvalue weighted by molar-refractivity contribution is 0.603. The van der Waals surface area contributed by atoms with Crippen molar-refractivity contribution >= 4 is 43.1 Å². The Bertz CT molecular complexity index is 637. The highest BCUT2D eigenvalue weighted by atomic mass is 79.9. The zero-order valence-electron chi connectivity index (χ0n) is 8.84. The predicted octanol–water partition coefficient (Wildman–Crippen LogP) is 3.01. The number of thiophene rings is 1. The minimum atomic E-state index is -3.53. The van der Waals surface area contributed by atoms with Crippen molar-refractivity contribution in [1.82, 2.24) is 4.98 Å². The van der Waals surface area contributed by atoms with Crippen molar-refractivity contribution in [3.8, 4) is 0 Å². The van der Waals surface area contributed by atoms with Crippen LogP contribution in [0.25, 0.3) is 0 Å². The van der Waals surface area contributed by atoms with Gasteiger partial charge >= 0.3 is 0 Å². The number of pyridine rings is 1. The molecule has 4 nitrogen and oxygen atoms in total. The number of hydrogen-bond donors (Lipinski definition) is 1. The fraction of sp³-hybridized carbons (Fsp3) is 0.100. The predicted molar refractivity (Wildman–Crippen MR) is 71.8 cm³/mol. The van der Waals surface area contributed by atoms with Crippen molar-refractivity contribution in [2.45, 2.75) is 11.1 Å². The fourth-order valence-corrected chi connectivity index (χ4v) is 4.23. The Balaban J connectivity index is 2.29. The summed E-state index contributed by atoms with van der Waals surface area (Å²) in [6.45, 7) is 1.88. The Morgan fingerprint density at radius 3 is 2.71 bits per heavy atom. The Morgan fingerprint density at radius 1 is 1.35 bits per heavy atom. The molecule has 0 aromatic carbocycles. The summed E-state index contributed by atoms with van der Waals surface area (Å²) < 4.78 is 27.4. The molecule has 0 saturated heterocycles. The average Bonchev–Trinajstić information content (AvgIpc) is 2.65. The lowest BCUT2D eigenvalue weighted by Gasteiger charge is -2.05. The van der Waals surface area contributed by atoms with Crippen LogP contribution in [-0.4, -0.2) is 13.4 Å². The van der Waals surface area contributed by atoms with Gasteiger partial charge in [0.25, 0.3) is 10.0 Å². The molecule has 0 aliphatic rings. The number of hydrogen-bond acceptors (Lipinski definition) is 4. The Morgan fingerprint density at radius 2 is 2.12 bits per heavy atom. The molecule has 2 heterocycles. The Labute approximate surface area is 112 Å². The zero-order chi connectivity index (χ0) is 12.5. The van der Waals surface area contributed by atoms with E-state index in [1.807, 2.05) is 6.92 Å². The molecule has 1 N–H and O–H groups in total. The highest BCUT2D eigenvalue weighted by molar-refractivity contribution is 9.11. The summed E-state index contributed by atoms with van der Waals surface area (Å²) in [5, 5.41) is 0. The second-order valence-electron chi connectivity index (χ2n) is 3.38. The van der Waals surface area contributed by atoms with Gasteiger partial charge in [-0.3, -0.25) is 4.72 Å². The average molecular weight is 333 g/mol. The normalized spacial score (nSPS) is 11.4. The van der Waals surface area contributed by atoms with Gasteiger partial charge in [0.2, 0.25) is 0 Å². The van der Waals surface area contributed by atoms with Crippen LogP contribution < -0.4 is 4.72 Å². The first-order chi connectivity index (χ1) is 7.97. The quantitative estimate of drug-likeness (QED) is 0.939. The number of nitrogens with zero attached hydrogens (tertiary/aromatic N) is 1. The molecule has 90 valence electrons. The molecule has 0 spiro atoms. The standard InChI is InChI=1S/C10H9BrN2O2S2/c1-7-4-5-12-9(6-7)13-17(14,15)10-3-2-8(11)16-10/h2-6H,1H3,(H,12,13). The van der Waals surface area contributed by atoms with Crippen LogP contribution in [0.1, 0.15) is 5.56 Å². The smallest absolute Gasteiger partial charge is 0.263 e. The third-order valence-corrected chi connectivity index (χ3v) is 5.44. The number of anilines is 1. The molecule has 7 heteroatoms. The van der Waals surface area contributed by atoms with Crippen molar-refractivity contribution in [2.75, 3.05) is 4.72 Å². The minimum Gasteiger partial charge on any atom is -0.263 e. The van der Waals surface area contributed by atoms with E-state index in [2.05, 4.69) is 25.6 Å². The second-order valence-corrected chi connectivity index (χ2v) is 7.75. The van der Waals surface area contributed by atoms with Gasteiger partial charge in [-0.2, -0.15) is 0 Å². The van der Waals surface area contributed by atoms with E-state index in [1.54, 1.807) is 30.5 Å². The molecule has 0 fully saturated rings. The molecular weight excluding hydrogens is 324 g/mol.